The molecule has 1 atom stereocenters. The smallest absolute Gasteiger partial charge is 0.0645 e. The molecule has 2 N–H and O–H groups in total. The van der Waals surface area contributed by atoms with E-state index in [9.17, 15) is 0 Å². The number of nitrogens with zero attached hydrogens (tertiary/aromatic N) is 1. The van der Waals surface area contributed by atoms with Gasteiger partial charge in [0.25, 0.3) is 0 Å². The van der Waals surface area contributed by atoms with E-state index in [4.69, 9.17) is 10.5 Å². The van der Waals surface area contributed by atoms with Crippen molar-refractivity contribution in [1.29, 1.82) is 0 Å². The molecule has 19 heavy (non-hydrogen) atoms. The maximum atomic E-state index is 6.29. The van der Waals surface area contributed by atoms with Crippen LogP contribution in [-0.2, 0) is 4.74 Å². The zero-order valence-corrected chi connectivity index (χ0v) is 12.4. The van der Waals surface area contributed by atoms with Crippen LogP contribution in [0.15, 0.2) is 24.3 Å². The van der Waals surface area contributed by atoms with Crippen LogP contribution in [0.3, 0.4) is 0 Å². The van der Waals surface area contributed by atoms with E-state index < -0.39 is 0 Å². The van der Waals surface area contributed by atoms with Crippen molar-refractivity contribution in [3.8, 4) is 0 Å². The molecular formula is C16H26N2O. The topological polar surface area (TPSA) is 38.5 Å². The predicted octanol–water partition coefficient (Wildman–Crippen LogP) is 2.50. The van der Waals surface area contributed by atoms with Gasteiger partial charge in [-0.05, 0) is 32.8 Å². The molecule has 106 valence electrons. The van der Waals surface area contributed by atoms with Gasteiger partial charge in [0.05, 0.1) is 13.2 Å². The number of nitrogens with two attached hydrogens (primary N) is 1. The van der Waals surface area contributed by atoms with Gasteiger partial charge >= 0.3 is 0 Å². The van der Waals surface area contributed by atoms with Gasteiger partial charge in [0.2, 0.25) is 0 Å². The summed E-state index contributed by atoms with van der Waals surface area (Å²) >= 11 is 0. The first-order valence-electron chi connectivity index (χ1n) is 7.14. The molecule has 0 amide bonds. The maximum absolute atomic E-state index is 6.29. The zero-order chi connectivity index (χ0) is 13.9. The van der Waals surface area contributed by atoms with Crippen molar-refractivity contribution in [3.63, 3.8) is 0 Å². The van der Waals surface area contributed by atoms with Crippen molar-refractivity contribution in [2.45, 2.75) is 38.8 Å². The van der Waals surface area contributed by atoms with Crippen molar-refractivity contribution in [2.24, 2.45) is 5.73 Å². The van der Waals surface area contributed by atoms with Gasteiger partial charge in [-0.1, -0.05) is 29.8 Å². The Bertz CT molecular complexity index is 400. The molecule has 1 unspecified atom stereocenters. The van der Waals surface area contributed by atoms with Gasteiger partial charge in [-0.15, -0.1) is 0 Å². The lowest BCUT2D eigenvalue weighted by molar-refractivity contribution is -0.0517. The first-order chi connectivity index (χ1) is 8.99. The minimum atomic E-state index is 0.124. The van der Waals surface area contributed by atoms with E-state index in [0.717, 1.165) is 32.7 Å². The summed E-state index contributed by atoms with van der Waals surface area (Å²) in [5.41, 5.74) is 8.94. The molecule has 1 saturated heterocycles. The number of aryl methyl sites for hydroxylation is 1. The van der Waals surface area contributed by atoms with Crippen LogP contribution < -0.4 is 5.73 Å². The number of rotatable bonds is 4. The van der Waals surface area contributed by atoms with Crippen LogP contribution in [-0.4, -0.2) is 36.7 Å². The Hall–Kier alpha value is -0.900. The van der Waals surface area contributed by atoms with Crippen molar-refractivity contribution in [2.75, 3.05) is 26.3 Å². The Labute approximate surface area is 116 Å². The molecule has 1 aromatic rings. The molecule has 3 heteroatoms. The summed E-state index contributed by atoms with van der Waals surface area (Å²) in [6, 6.07) is 8.68. The molecule has 0 aromatic heterocycles. The van der Waals surface area contributed by atoms with Crippen molar-refractivity contribution >= 4 is 0 Å². The summed E-state index contributed by atoms with van der Waals surface area (Å²) in [4.78, 5) is 2.49. The van der Waals surface area contributed by atoms with Gasteiger partial charge in [0.15, 0.2) is 0 Å². The van der Waals surface area contributed by atoms with Gasteiger partial charge < -0.3 is 10.5 Å². The van der Waals surface area contributed by atoms with Gasteiger partial charge in [-0.3, -0.25) is 4.90 Å². The number of hydrogen-bond acceptors (Lipinski definition) is 3. The Morgan fingerprint density at radius 3 is 2.63 bits per heavy atom. The highest BCUT2D eigenvalue weighted by Crippen LogP contribution is 2.22. The summed E-state index contributed by atoms with van der Waals surface area (Å²) < 4.78 is 5.55. The zero-order valence-electron chi connectivity index (χ0n) is 12.4. The largest absolute Gasteiger partial charge is 0.378 e. The maximum Gasteiger partial charge on any atom is 0.0645 e. The normalized spacial score (nSPS) is 21.3. The number of ether oxygens (including phenoxy) is 1. The van der Waals surface area contributed by atoms with Crippen LogP contribution >= 0.6 is 0 Å². The molecule has 0 radical (unpaired) electrons. The second-order valence-electron chi connectivity index (χ2n) is 6.16. The highest BCUT2D eigenvalue weighted by Gasteiger charge is 2.30. The fourth-order valence-electron chi connectivity index (χ4n) is 2.58. The Morgan fingerprint density at radius 2 is 2.00 bits per heavy atom. The second-order valence-corrected chi connectivity index (χ2v) is 6.16. The van der Waals surface area contributed by atoms with E-state index >= 15 is 0 Å². The minimum Gasteiger partial charge on any atom is -0.378 e. The summed E-state index contributed by atoms with van der Waals surface area (Å²) in [5.74, 6) is 0. The van der Waals surface area contributed by atoms with E-state index in [0.29, 0.717) is 0 Å². The molecule has 2 rings (SSSR count). The van der Waals surface area contributed by atoms with E-state index in [1.54, 1.807) is 0 Å². The summed E-state index contributed by atoms with van der Waals surface area (Å²) in [5, 5.41) is 0. The Kier molecular flexibility index (Phi) is 4.61. The van der Waals surface area contributed by atoms with Gasteiger partial charge in [0.1, 0.15) is 0 Å². The molecule has 1 fully saturated rings. The van der Waals surface area contributed by atoms with Gasteiger partial charge in [-0.2, -0.15) is 0 Å². The predicted molar refractivity (Wildman–Crippen MR) is 79.2 cm³/mol. The third kappa shape index (κ3) is 3.78. The van der Waals surface area contributed by atoms with Gasteiger partial charge in [0, 0.05) is 24.7 Å². The number of benzene rings is 1. The number of morpholine rings is 1. The van der Waals surface area contributed by atoms with Crippen LogP contribution in [0.1, 0.15) is 37.4 Å². The molecule has 0 saturated carbocycles. The van der Waals surface area contributed by atoms with Crippen LogP contribution in [0, 0.1) is 6.92 Å². The standard InChI is InChI=1S/C16H26N2O/c1-13-4-6-14(7-5-13)15(17)8-9-18-10-11-19-12-16(18,2)3/h4-7,15H,8-12,17H2,1-3H3. The Morgan fingerprint density at radius 1 is 1.32 bits per heavy atom. The second kappa shape index (κ2) is 6.04. The van der Waals surface area contributed by atoms with E-state index in [2.05, 4.69) is 49.9 Å². The quantitative estimate of drug-likeness (QED) is 0.906. The van der Waals surface area contributed by atoms with E-state index in [1.807, 2.05) is 0 Å². The van der Waals surface area contributed by atoms with Crippen molar-refractivity contribution in [3.05, 3.63) is 35.4 Å². The number of hydrogen-bond donors (Lipinski definition) is 1. The first-order valence-corrected chi connectivity index (χ1v) is 7.14. The first kappa shape index (κ1) is 14.5. The molecule has 1 aromatic carbocycles. The highest BCUT2D eigenvalue weighted by molar-refractivity contribution is 5.23. The molecule has 1 heterocycles. The van der Waals surface area contributed by atoms with Crippen LogP contribution in [0.5, 0.6) is 0 Å². The van der Waals surface area contributed by atoms with E-state index in [-0.39, 0.29) is 11.6 Å². The van der Waals surface area contributed by atoms with Gasteiger partial charge in [-0.25, -0.2) is 0 Å². The third-order valence-corrected chi connectivity index (χ3v) is 4.03. The molecular weight excluding hydrogens is 236 g/mol. The van der Waals surface area contributed by atoms with Crippen molar-refractivity contribution in [1.82, 2.24) is 4.90 Å². The van der Waals surface area contributed by atoms with Crippen molar-refractivity contribution < 1.29 is 4.74 Å². The molecule has 3 nitrogen and oxygen atoms in total. The molecule has 1 aliphatic heterocycles. The lowest BCUT2D eigenvalue weighted by Crippen LogP contribution is -2.53. The van der Waals surface area contributed by atoms with E-state index in [1.165, 1.54) is 11.1 Å². The van der Waals surface area contributed by atoms with Crippen LogP contribution in [0.2, 0.25) is 0 Å². The SMILES string of the molecule is Cc1ccc(C(N)CCN2CCOCC2(C)C)cc1. The average Bonchev–Trinajstić information content (AvgIpc) is 2.37. The average molecular weight is 262 g/mol. The summed E-state index contributed by atoms with van der Waals surface area (Å²) in [6.45, 7) is 10.3. The lowest BCUT2D eigenvalue weighted by atomic mass is 9.99. The van der Waals surface area contributed by atoms with Crippen LogP contribution in [0.4, 0.5) is 0 Å². The highest BCUT2D eigenvalue weighted by atomic mass is 16.5. The summed E-state index contributed by atoms with van der Waals surface area (Å²) in [7, 11) is 0. The fourth-order valence-corrected chi connectivity index (χ4v) is 2.58. The monoisotopic (exact) mass is 262 g/mol. The molecule has 0 aliphatic carbocycles. The van der Waals surface area contributed by atoms with Crippen LogP contribution in [0.25, 0.3) is 0 Å². The lowest BCUT2D eigenvalue weighted by Gasteiger charge is -2.42. The third-order valence-electron chi connectivity index (χ3n) is 4.03. The fraction of sp³-hybridized carbons (Fsp3) is 0.625. The Balaban J connectivity index is 1.89. The molecule has 0 spiro atoms. The minimum absolute atomic E-state index is 0.124. The summed E-state index contributed by atoms with van der Waals surface area (Å²) in [6.07, 6.45) is 0.993. The molecule has 1 aliphatic rings. The molecule has 0 bridgehead atoms.